The van der Waals surface area contributed by atoms with E-state index in [2.05, 4.69) is 15.8 Å². The first-order valence-electron chi connectivity index (χ1n) is 7.35. The lowest BCUT2D eigenvalue weighted by atomic mass is 10.0. The van der Waals surface area contributed by atoms with Gasteiger partial charge in [-0.3, -0.25) is 9.59 Å². The van der Waals surface area contributed by atoms with Gasteiger partial charge in [0.25, 0.3) is 0 Å². The Bertz CT molecular complexity index is 663. The average Bonchev–Trinajstić information content (AvgIpc) is 2.88. The number of nitrogens with one attached hydrogen (secondary N) is 2. The van der Waals surface area contributed by atoms with E-state index in [1.165, 1.54) is 0 Å². The molecule has 2 aromatic rings. The number of amides is 2. The van der Waals surface area contributed by atoms with Crippen LogP contribution in [-0.4, -0.2) is 30.1 Å². The highest BCUT2D eigenvalue weighted by Gasteiger charge is 2.22. The van der Waals surface area contributed by atoms with Gasteiger partial charge < -0.3 is 15.2 Å². The summed E-state index contributed by atoms with van der Waals surface area (Å²) in [5, 5.41) is 10.1. The number of aromatic nitrogens is 1. The molecule has 1 heterocycles. The number of rotatable bonds is 6. The molecule has 2 N–H and O–H groups in total. The number of hydrogen-bond donors (Lipinski definition) is 2. The Hall–Kier alpha value is -2.37. The van der Waals surface area contributed by atoms with E-state index in [1.807, 2.05) is 32.0 Å². The van der Waals surface area contributed by atoms with Crippen LogP contribution < -0.4 is 10.6 Å². The minimum Gasteiger partial charge on any atom is -0.357 e. The number of hydrogen-bond acceptors (Lipinski definition) is 4. The fourth-order valence-electron chi connectivity index (χ4n) is 2.34. The Morgan fingerprint density at radius 3 is 2.68 bits per heavy atom. The molecule has 0 fully saturated rings. The van der Waals surface area contributed by atoms with Crippen molar-refractivity contribution >= 4 is 22.8 Å². The molecule has 0 saturated heterocycles. The molecule has 6 heteroatoms. The van der Waals surface area contributed by atoms with Gasteiger partial charge in [0.1, 0.15) is 11.7 Å². The SMILES string of the molecule is CNC(=O)C(CC(C)C)NC(=O)Cc1noc2ccccc12. The molecule has 0 spiro atoms. The van der Waals surface area contributed by atoms with Gasteiger partial charge in [-0.05, 0) is 24.5 Å². The zero-order chi connectivity index (χ0) is 16.1. The molecule has 0 saturated carbocycles. The van der Waals surface area contributed by atoms with E-state index in [-0.39, 0.29) is 18.2 Å². The fraction of sp³-hybridized carbons (Fsp3) is 0.438. The third-order valence-corrected chi connectivity index (χ3v) is 3.39. The second-order valence-corrected chi connectivity index (χ2v) is 5.67. The van der Waals surface area contributed by atoms with Crippen molar-refractivity contribution in [2.45, 2.75) is 32.7 Å². The van der Waals surface area contributed by atoms with Crippen LogP contribution >= 0.6 is 0 Å². The standard InChI is InChI=1S/C16H21N3O3/c1-10(2)8-13(16(21)17-3)18-15(20)9-12-11-6-4-5-7-14(11)22-19-12/h4-7,10,13H,8-9H2,1-3H3,(H,17,21)(H,18,20). The Labute approximate surface area is 129 Å². The summed E-state index contributed by atoms with van der Waals surface area (Å²) in [5.41, 5.74) is 1.23. The van der Waals surface area contributed by atoms with E-state index in [0.29, 0.717) is 23.6 Å². The molecule has 1 aromatic carbocycles. The summed E-state index contributed by atoms with van der Waals surface area (Å²) in [5.74, 6) is -0.129. The number of benzene rings is 1. The highest BCUT2D eigenvalue weighted by Crippen LogP contribution is 2.18. The molecule has 1 unspecified atom stereocenters. The molecule has 22 heavy (non-hydrogen) atoms. The number of likely N-dealkylation sites (N-methyl/N-ethyl adjacent to an activating group) is 1. The molecule has 0 aliphatic carbocycles. The number of carbonyl (C=O) groups excluding carboxylic acids is 2. The van der Waals surface area contributed by atoms with Crippen molar-refractivity contribution in [2.24, 2.45) is 5.92 Å². The monoisotopic (exact) mass is 303 g/mol. The lowest BCUT2D eigenvalue weighted by molar-refractivity contribution is -0.128. The summed E-state index contributed by atoms with van der Waals surface area (Å²) < 4.78 is 5.18. The molecule has 0 bridgehead atoms. The van der Waals surface area contributed by atoms with Gasteiger partial charge in [-0.1, -0.05) is 31.1 Å². The van der Waals surface area contributed by atoms with Gasteiger partial charge in [-0.2, -0.15) is 0 Å². The van der Waals surface area contributed by atoms with E-state index in [0.717, 1.165) is 5.39 Å². The molecule has 1 aromatic heterocycles. The van der Waals surface area contributed by atoms with Crippen LogP contribution in [0, 0.1) is 5.92 Å². The second kappa shape index (κ2) is 7.06. The van der Waals surface area contributed by atoms with E-state index >= 15 is 0 Å². The molecule has 0 radical (unpaired) electrons. The second-order valence-electron chi connectivity index (χ2n) is 5.67. The van der Waals surface area contributed by atoms with E-state index in [1.54, 1.807) is 13.1 Å². The quantitative estimate of drug-likeness (QED) is 0.850. The molecule has 2 rings (SSSR count). The van der Waals surface area contributed by atoms with Gasteiger partial charge in [0.15, 0.2) is 5.58 Å². The summed E-state index contributed by atoms with van der Waals surface area (Å²) in [6.07, 6.45) is 0.674. The molecule has 0 aliphatic rings. The highest BCUT2D eigenvalue weighted by molar-refractivity contribution is 5.90. The van der Waals surface area contributed by atoms with Gasteiger partial charge in [-0.25, -0.2) is 0 Å². The van der Waals surface area contributed by atoms with Gasteiger partial charge in [0, 0.05) is 12.4 Å². The Balaban J connectivity index is 2.06. The minimum atomic E-state index is -0.532. The lowest BCUT2D eigenvalue weighted by Crippen LogP contribution is -2.46. The maximum Gasteiger partial charge on any atom is 0.242 e. The van der Waals surface area contributed by atoms with Crippen LogP contribution in [0.2, 0.25) is 0 Å². The largest absolute Gasteiger partial charge is 0.357 e. The van der Waals surface area contributed by atoms with Crippen molar-refractivity contribution in [1.82, 2.24) is 15.8 Å². The van der Waals surface area contributed by atoms with Crippen molar-refractivity contribution in [1.29, 1.82) is 0 Å². The third-order valence-electron chi connectivity index (χ3n) is 3.39. The van der Waals surface area contributed by atoms with E-state index in [9.17, 15) is 9.59 Å². The lowest BCUT2D eigenvalue weighted by Gasteiger charge is -2.18. The summed E-state index contributed by atoms with van der Waals surface area (Å²) in [7, 11) is 1.56. The molecular weight excluding hydrogens is 282 g/mol. The van der Waals surface area contributed by atoms with Gasteiger partial charge >= 0.3 is 0 Å². The van der Waals surface area contributed by atoms with Crippen LogP contribution in [0.4, 0.5) is 0 Å². The zero-order valence-electron chi connectivity index (χ0n) is 13.1. The number of para-hydroxylation sites is 1. The molecule has 118 valence electrons. The van der Waals surface area contributed by atoms with E-state index < -0.39 is 6.04 Å². The highest BCUT2D eigenvalue weighted by atomic mass is 16.5. The number of carbonyl (C=O) groups is 2. The normalized spacial score (nSPS) is 12.4. The van der Waals surface area contributed by atoms with Crippen LogP contribution in [0.1, 0.15) is 26.0 Å². The van der Waals surface area contributed by atoms with Crippen LogP contribution in [0.3, 0.4) is 0 Å². The topological polar surface area (TPSA) is 84.2 Å². The third kappa shape index (κ3) is 3.84. The maximum absolute atomic E-state index is 12.2. The first kappa shape index (κ1) is 16.0. The Kier molecular flexibility index (Phi) is 5.14. The molecule has 0 aliphatic heterocycles. The molecular formula is C16H21N3O3. The van der Waals surface area contributed by atoms with Gasteiger partial charge in [0.05, 0.1) is 6.42 Å². The van der Waals surface area contributed by atoms with Crippen LogP contribution in [-0.2, 0) is 16.0 Å². The van der Waals surface area contributed by atoms with Crippen molar-refractivity contribution in [3.8, 4) is 0 Å². The predicted molar refractivity (Wildman–Crippen MR) is 83.2 cm³/mol. The first-order chi connectivity index (χ1) is 10.5. The van der Waals surface area contributed by atoms with Crippen molar-refractivity contribution in [3.05, 3.63) is 30.0 Å². The summed E-state index contributed by atoms with van der Waals surface area (Å²) in [6, 6.07) is 6.85. The molecule has 2 amide bonds. The summed E-state index contributed by atoms with van der Waals surface area (Å²) in [6.45, 7) is 4.01. The van der Waals surface area contributed by atoms with Crippen molar-refractivity contribution in [2.75, 3.05) is 7.05 Å². The fourth-order valence-corrected chi connectivity index (χ4v) is 2.34. The Morgan fingerprint density at radius 2 is 2.00 bits per heavy atom. The maximum atomic E-state index is 12.2. The van der Waals surface area contributed by atoms with E-state index in [4.69, 9.17) is 4.52 Å². The average molecular weight is 303 g/mol. The van der Waals surface area contributed by atoms with Crippen LogP contribution in [0.25, 0.3) is 11.0 Å². The predicted octanol–water partition coefficient (Wildman–Crippen LogP) is 1.65. The van der Waals surface area contributed by atoms with Crippen LogP contribution in [0.15, 0.2) is 28.8 Å². The number of fused-ring (bicyclic) bond motifs is 1. The molecule has 1 atom stereocenters. The minimum absolute atomic E-state index is 0.0859. The van der Waals surface area contributed by atoms with Crippen LogP contribution in [0.5, 0.6) is 0 Å². The summed E-state index contributed by atoms with van der Waals surface area (Å²) in [4.78, 5) is 24.0. The smallest absolute Gasteiger partial charge is 0.242 e. The molecule has 6 nitrogen and oxygen atoms in total. The van der Waals surface area contributed by atoms with Gasteiger partial charge in [0.2, 0.25) is 11.8 Å². The van der Waals surface area contributed by atoms with Gasteiger partial charge in [-0.15, -0.1) is 0 Å². The van der Waals surface area contributed by atoms with Crippen molar-refractivity contribution < 1.29 is 14.1 Å². The number of nitrogens with zero attached hydrogens (tertiary/aromatic N) is 1. The Morgan fingerprint density at radius 1 is 1.27 bits per heavy atom. The first-order valence-corrected chi connectivity index (χ1v) is 7.35. The summed E-state index contributed by atoms with van der Waals surface area (Å²) >= 11 is 0. The zero-order valence-corrected chi connectivity index (χ0v) is 13.1. The van der Waals surface area contributed by atoms with Crippen molar-refractivity contribution in [3.63, 3.8) is 0 Å².